The molecule has 0 aliphatic rings. The Morgan fingerprint density at radius 3 is 2.14 bits per heavy atom. The maximum absolute atomic E-state index is 6.30. The molecule has 0 bridgehead atoms. The number of aromatic nitrogens is 5. The van der Waals surface area contributed by atoms with E-state index in [0.29, 0.717) is 5.92 Å². The van der Waals surface area contributed by atoms with Gasteiger partial charge in [-0.1, -0.05) is 107 Å². The van der Waals surface area contributed by atoms with Crippen LogP contribution in [0.2, 0.25) is 19.6 Å². The molecule has 5 heterocycles. The minimum absolute atomic E-state index is 0. The number of benzene rings is 4. The summed E-state index contributed by atoms with van der Waals surface area (Å²) in [5, 5.41) is 3.52. The van der Waals surface area contributed by atoms with Crippen molar-refractivity contribution in [2.24, 2.45) is 0 Å². The molecule has 9 aromatic rings. The Morgan fingerprint density at radius 1 is 0.729 bits per heavy atom. The van der Waals surface area contributed by atoms with E-state index < -0.39 is 8.07 Å². The third-order valence-corrected chi connectivity index (χ3v) is 12.9. The minimum Gasteiger partial charge on any atom is -0.499 e. The summed E-state index contributed by atoms with van der Waals surface area (Å²) < 4.78 is 8.45. The van der Waals surface area contributed by atoms with Crippen LogP contribution in [0.25, 0.3) is 61.3 Å². The van der Waals surface area contributed by atoms with Gasteiger partial charge in [-0.15, -0.1) is 54.1 Å². The quantitative estimate of drug-likeness (QED) is 0.123. The zero-order valence-corrected chi connectivity index (χ0v) is 38.6. The van der Waals surface area contributed by atoms with Crippen molar-refractivity contribution >= 4 is 46.2 Å². The Hall–Kier alpha value is -5.53. The van der Waals surface area contributed by atoms with Crippen molar-refractivity contribution < 1.29 is 24.5 Å². The van der Waals surface area contributed by atoms with Crippen LogP contribution in [0.3, 0.4) is 0 Å². The summed E-state index contributed by atoms with van der Waals surface area (Å²) in [6, 6.07) is 44.5. The number of rotatable bonds is 6. The predicted molar refractivity (Wildman–Crippen MR) is 242 cm³/mol. The standard InChI is InChI=1S/C29H25N4O.C22H24NSi.Ir/c1-17-13-23-21-7-6-8-22(27(21)34-26(23)16-31-17)28-32-24-14-18(2)30-15-25(24)33(28)20-11-9-19(10-12-20)29(3,4)5;1-17(18-11-7-5-8-12-18)20-15-21(19-13-9-6-10-14-19)23-16-22(20)24(2,3)4;/h6-7,9-16H,1-5H3;5-13,15-17H,1-4H3;/q2*-1;. The number of fused-ring (bicyclic) bond motifs is 4. The molecule has 0 N–H and O–H groups in total. The first-order valence-corrected chi connectivity index (χ1v) is 23.4. The van der Waals surface area contributed by atoms with Gasteiger partial charge in [-0.05, 0) is 71.1 Å². The number of hydrogen-bond donors (Lipinski definition) is 0. The molecule has 0 aliphatic carbocycles. The number of hydrogen-bond acceptors (Lipinski definition) is 5. The van der Waals surface area contributed by atoms with Gasteiger partial charge in [-0.25, -0.2) is 0 Å². The fourth-order valence-electron chi connectivity index (χ4n) is 7.61. The van der Waals surface area contributed by atoms with E-state index in [9.17, 15) is 0 Å². The van der Waals surface area contributed by atoms with E-state index in [0.717, 1.165) is 72.7 Å². The topological polar surface area (TPSA) is 69.6 Å². The smallest absolute Gasteiger partial charge is 0.139 e. The normalized spacial score (nSPS) is 12.3. The third-order valence-electron chi connectivity index (χ3n) is 10.8. The first kappa shape index (κ1) is 41.6. The van der Waals surface area contributed by atoms with Crippen LogP contribution in [-0.2, 0) is 25.5 Å². The van der Waals surface area contributed by atoms with Crippen LogP contribution >= 0.6 is 0 Å². The third kappa shape index (κ3) is 8.49. The molecule has 0 saturated heterocycles. The summed E-state index contributed by atoms with van der Waals surface area (Å²) in [6.45, 7) is 20.1. The summed E-state index contributed by atoms with van der Waals surface area (Å²) >= 11 is 0. The van der Waals surface area contributed by atoms with Gasteiger partial charge in [0.2, 0.25) is 0 Å². The molecule has 0 spiro atoms. The molecule has 0 saturated carbocycles. The molecule has 0 amide bonds. The van der Waals surface area contributed by atoms with E-state index in [-0.39, 0.29) is 25.5 Å². The molecule has 5 aromatic heterocycles. The van der Waals surface area contributed by atoms with Gasteiger partial charge in [0.1, 0.15) is 5.58 Å². The maximum Gasteiger partial charge on any atom is 0.139 e. The van der Waals surface area contributed by atoms with Crippen LogP contribution in [0.4, 0.5) is 0 Å². The largest absolute Gasteiger partial charge is 0.499 e. The van der Waals surface area contributed by atoms with Crippen LogP contribution in [0.5, 0.6) is 0 Å². The Kier molecular flexibility index (Phi) is 11.7. The molecule has 299 valence electrons. The molecule has 9 rings (SSSR count). The molecule has 8 heteroatoms. The van der Waals surface area contributed by atoms with Crippen molar-refractivity contribution in [3.8, 4) is 28.3 Å². The Bertz CT molecular complexity index is 2890. The second kappa shape index (κ2) is 16.6. The molecule has 6 nitrogen and oxygen atoms in total. The van der Waals surface area contributed by atoms with Gasteiger partial charge >= 0.3 is 0 Å². The number of imidazole rings is 1. The number of nitrogens with zero attached hydrogens (tertiary/aromatic N) is 5. The summed E-state index contributed by atoms with van der Waals surface area (Å²) in [5.41, 5.74) is 13.3. The average molecular weight is 968 g/mol. The van der Waals surface area contributed by atoms with Crippen molar-refractivity contribution in [2.45, 2.75) is 72.5 Å². The van der Waals surface area contributed by atoms with E-state index in [1.165, 1.54) is 21.9 Å². The predicted octanol–water partition coefficient (Wildman–Crippen LogP) is 12.3. The van der Waals surface area contributed by atoms with Crippen LogP contribution in [0.15, 0.2) is 132 Å². The van der Waals surface area contributed by atoms with Gasteiger partial charge in [0.05, 0.1) is 42.9 Å². The van der Waals surface area contributed by atoms with Gasteiger partial charge in [0.15, 0.2) is 0 Å². The summed E-state index contributed by atoms with van der Waals surface area (Å²) in [6.07, 6.45) is 5.79. The first-order valence-electron chi connectivity index (χ1n) is 19.9. The second-order valence-electron chi connectivity index (χ2n) is 17.2. The Morgan fingerprint density at radius 2 is 1.44 bits per heavy atom. The van der Waals surface area contributed by atoms with E-state index in [4.69, 9.17) is 14.4 Å². The fraction of sp³-hybridized carbons (Fsp3) is 0.216. The zero-order valence-electron chi connectivity index (χ0n) is 35.2. The molecule has 0 aliphatic heterocycles. The molecule has 1 unspecified atom stereocenters. The van der Waals surface area contributed by atoms with Crippen molar-refractivity contribution in [2.75, 3.05) is 0 Å². The molecular formula is C51H49IrN5OSi-2. The SMILES string of the molecule is CC(c1ccccc1)c1cc(-c2[c-]cccc2)ncc1[Si](C)(C)C.Cc1cc2nc(-c3[c-]ccc4c3oc3cnc(C)cc34)n(-c3ccc(C(C)(C)C)cc3)c2cn1.[Ir]. The number of pyridine rings is 3. The second-order valence-corrected chi connectivity index (χ2v) is 22.3. The molecule has 1 atom stereocenters. The zero-order chi connectivity index (χ0) is 40.8. The number of aryl methyl sites for hydroxylation is 2. The van der Waals surface area contributed by atoms with Gasteiger partial charge in [-0.2, -0.15) is 0 Å². The van der Waals surface area contributed by atoms with Crippen molar-refractivity contribution in [3.63, 3.8) is 0 Å². The monoisotopic (exact) mass is 968 g/mol. The van der Waals surface area contributed by atoms with Crippen LogP contribution in [0.1, 0.15) is 61.7 Å². The molecule has 0 fully saturated rings. The fourth-order valence-corrected chi connectivity index (χ4v) is 9.22. The molecular weight excluding hydrogens is 919 g/mol. The van der Waals surface area contributed by atoms with Crippen molar-refractivity contribution in [1.82, 2.24) is 24.5 Å². The van der Waals surface area contributed by atoms with E-state index >= 15 is 0 Å². The van der Waals surface area contributed by atoms with E-state index in [2.05, 4.69) is 153 Å². The Labute approximate surface area is 362 Å². The van der Waals surface area contributed by atoms with Crippen molar-refractivity contribution in [1.29, 1.82) is 0 Å². The van der Waals surface area contributed by atoms with Crippen LogP contribution in [-0.4, -0.2) is 32.6 Å². The van der Waals surface area contributed by atoms with Gasteiger partial charge in [0.25, 0.3) is 0 Å². The van der Waals surface area contributed by atoms with E-state index in [1.807, 2.05) is 56.4 Å². The average Bonchev–Trinajstić information content (AvgIpc) is 3.78. The summed E-state index contributed by atoms with van der Waals surface area (Å²) in [5.74, 6) is 1.14. The maximum atomic E-state index is 6.30. The molecule has 1 radical (unpaired) electrons. The molecule has 59 heavy (non-hydrogen) atoms. The van der Waals surface area contributed by atoms with Gasteiger partial charge < -0.3 is 14.0 Å². The van der Waals surface area contributed by atoms with Crippen molar-refractivity contribution in [3.05, 3.63) is 168 Å². The number of furan rings is 1. The van der Waals surface area contributed by atoms with Gasteiger partial charge in [0, 0.05) is 54.7 Å². The minimum atomic E-state index is -1.47. The first-order chi connectivity index (χ1) is 27.8. The summed E-state index contributed by atoms with van der Waals surface area (Å²) in [7, 11) is -1.47. The van der Waals surface area contributed by atoms with E-state index in [1.54, 1.807) is 6.20 Å². The van der Waals surface area contributed by atoms with Gasteiger partial charge in [-0.3, -0.25) is 15.0 Å². The summed E-state index contributed by atoms with van der Waals surface area (Å²) in [4.78, 5) is 18.8. The molecule has 4 aromatic carbocycles. The van der Waals surface area contributed by atoms with Crippen LogP contribution in [0, 0.1) is 26.0 Å². The Balaban J connectivity index is 0.000000187. The van der Waals surface area contributed by atoms with Crippen LogP contribution < -0.4 is 5.19 Å².